The smallest absolute Gasteiger partial charge is 0.0596 e. The van der Waals surface area contributed by atoms with Gasteiger partial charge >= 0.3 is 0 Å². The number of benzene rings is 1. The Hall–Kier alpha value is -1.32. The van der Waals surface area contributed by atoms with Crippen molar-refractivity contribution in [3.05, 3.63) is 52.3 Å². The first-order chi connectivity index (χ1) is 10.1. The quantitative estimate of drug-likeness (QED) is 0.885. The average molecular weight is 304 g/mol. The molecular formula is C17H22ClN3. The van der Waals surface area contributed by atoms with Crippen LogP contribution >= 0.6 is 11.6 Å². The number of hydrogen-bond acceptors (Lipinski definition) is 2. The van der Waals surface area contributed by atoms with Crippen molar-refractivity contribution in [1.82, 2.24) is 15.1 Å². The molecule has 3 nitrogen and oxygen atoms in total. The standard InChI is InChI=1S/C17H22ClN3/c1-12-9-17(21(2)20-12)10-14(11-19-16-7-8-16)13-3-5-15(18)6-4-13/h3-6,9,14,16,19H,7-8,10-11H2,1-2H3. The van der Waals surface area contributed by atoms with Crippen molar-refractivity contribution < 1.29 is 0 Å². The van der Waals surface area contributed by atoms with E-state index in [9.17, 15) is 0 Å². The number of halogens is 1. The first kappa shape index (κ1) is 14.6. The van der Waals surface area contributed by atoms with E-state index in [0.29, 0.717) is 5.92 Å². The van der Waals surface area contributed by atoms with Gasteiger partial charge in [0.2, 0.25) is 0 Å². The summed E-state index contributed by atoms with van der Waals surface area (Å²) in [6.07, 6.45) is 3.63. The van der Waals surface area contributed by atoms with Gasteiger partial charge in [0.25, 0.3) is 0 Å². The van der Waals surface area contributed by atoms with Gasteiger partial charge in [-0.3, -0.25) is 4.68 Å². The molecule has 1 unspecified atom stereocenters. The van der Waals surface area contributed by atoms with Gasteiger partial charge in [0, 0.05) is 36.3 Å². The largest absolute Gasteiger partial charge is 0.313 e. The normalized spacial score (nSPS) is 16.1. The molecule has 1 aliphatic rings. The molecule has 1 heterocycles. The molecule has 112 valence electrons. The monoisotopic (exact) mass is 303 g/mol. The lowest BCUT2D eigenvalue weighted by atomic mass is 9.94. The highest BCUT2D eigenvalue weighted by atomic mass is 35.5. The molecule has 0 bridgehead atoms. The highest BCUT2D eigenvalue weighted by Gasteiger charge is 2.23. The van der Waals surface area contributed by atoms with Crippen LogP contribution in [-0.4, -0.2) is 22.4 Å². The molecule has 0 amide bonds. The van der Waals surface area contributed by atoms with Crippen molar-refractivity contribution in [2.24, 2.45) is 7.05 Å². The lowest BCUT2D eigenvalue weighted by Crippen LogP contribution is -2.25. The van der Waals surface area contributed by atoms with Crippen LogP contribution < -0.4 is 5.32 Å². The van der Waals surface area contributed by atoms with Gasteiger partial charge in [0.15, 0.2) is 0 Å². The molecule has 0 saturated heterocycles. The zero-order valence-corrected chi connectivity index (χ0v) is 13.4. The molecule has 1 saturated carbocycles. The molecule has 21 heavy (non-hydrogen) atoms. The minimum absolute atomic E-state index is 0.456. The van der Waals surface area contributed by atoms with E-state index in [4.69, 9.17) is 11.6 Å². The van der Waals surface area contributed by atoms with Gasteiger partial charge in [-0.25, -0.2) is 0 Å². The summed E-state index contributed by atoms with van der Waals surface area (Å²) in [7, 11) is 2.02. The van der Waals surface area contributed by atoms with Gasteiger partial charge in [-0.05, 0) is 49.9 Å². The number of nitrogens with zero attached hydrogens (tertiary/aromatic N) is 2. The van der Waals surface area contributed by atoms with E-state index in [1.807, 2.05) is 30.8 Å². The maximum atomic E-state index is 6.01. The Morgan fingerprint density at radius 2 is 2.05 bits per heavy atom. The summed E-state index contributed by atoms with van der Waals surface area (Å²) in [6.45, 7) is 3.06. The number of rotatable bonds is 6. The molecule has 2 aromatic rings. The second kappa shape index (κ2) is 6.20. The minimum atomic E-state index is 0.456. The van der Waals surface area contributed by atoms with Crippen molar-refractivity contribution in [2.45, 2.75) is 38.1 Å². The summed E-state index contributed by atoms with van der Waals surface area (Å²) >= 11 is 6.01. The summed E-state index contributed by atoms with van der Waals surface area (Å²) in [6, 6.07) is 11.2. The maximum Gasteiger partial charge on any atom is 0.0596 e. The third-order valence-corrected chi connectivity index (χ3v) is 4.38. The van der Waals surface area contributed by atoms with Gasteiger partial charge in [-0.2, -0.15) is 5.10 Å². The van der Waals surface area contributed by atoms with Crippen molar-refractivity contribution in [1.29, 1.82) is 0 Å². The fourth-order valence-corrected chi connectivity index (χ4v) is 2.87. The van der Waals surface area contributed by atoms with Gasteiger partial charge in [-0.1, -0.05) is 23.7 Å². The van der Waals surface area contributed by atoms with Crippen LogP contribution in [0.4, 0.5) is 0 Å². The Kier molecular flexibility index (Phi) is 4.32. The minimum Gasteiger partial charge on any atom is -0.313 e. The van der Waals surface area contributed by atoms with Crippen molar-refractivity contribution in [3.63, 3.8) is 0 Å². The molecule has 1 atom stereocenters. The molecule has 0 aliphatic heterocycles. The van der Waals surface area contributed by atoms with E-state index in [1.165, 1.54) is 24.1 Å². The second-order valence-electron chi connectivity index (χ2n) is 6.04. The van der Waals surface area contributed by atoms with Gasteiger partial charge in [-0.15, -0.1) is 0 Å². The zero-order valence-electron chi connectivity index (χ0n) is 12.6. The van der Waals surface area contributed by atoms with Crippen LogP contribution in [0, 0.1) is 6.92 Å². The lowest BCUT2D eigenvalue weighted by molar-refractivity contribution is 0.557. The predicted molar refractivity (Wildman–Crippen MR) is 86.9 cm³/mol. The fourth-order valence-electron chi connectivity index (χ4n) is 2.75. The van der Waals surface area contributed by atoms with Crippen molar-refractivity contribution >= 4 is 11.6 Å². The first-order valence-corrected chi connectivity index (χ1v) is 7.98. The fraction of sp³-hybridized carbons (Fsp3) is 0.471. The molecule has 3 rings (SSSR count). The van der Waals surface area contributed by atoms with Crippen molar-refractivity contribution in [2.75, 3.05) is 6.54 Å². The number of hydrogen-bond donors (Lipinski definition) is 1. The van der Waals surface area contributed by atoms with Gasteiger partial charge in [0.05, 0.1) is 5.69 Å². The molecule has 4 heteroatoms. The Morgan fingerprint density at radius 3 is 2.62 bits per heavy atom. The molecular weight excluding hydrogens is 282 g/mol. The van der Waals surface area contributed by atoms with Crippen LogP contribution in [0.2, 0.25) is 5.02 Å². The summed E-state index contributed by atoms with van der Waals surface area (Å²) in [5.74, 6) is 0.456. The summed E-state index contributed by atoms with van der Waals surface area (Å²) in [5.41, 5.74) is 3.70. The third-order valence-electron chi connectivity index (χ3n) is 4.13. The van der Waals surface area contributed by atoms with Crippen molar-refractivity contribution in [3.8, 4) is 0 Å². The number of aryl methyl sites for hydroxylation is 2. The van der Waals surface area contributed by atoms with Gasteiger partial charge < -0.3 is 5.32 Å². The van der Waals surface area contributed by atoms with E-state index in [1.54, 1.807) is 0 Å². The van der Waals surface area contributed by atoms with Gasteiger partial charge in [0.1, 0.15) is 0 Å². The Bertz CT molecular complexity index is 599. The predicted octanol–water partition coefficient (Wildman–Crippen LogP) is 3.46. The highest BCUT2D eigenvalue weighted by molar-refractivity contribution is 6.30. The Morgan fingerprint density at radius 1 is 1.33 bits per heavy atom. The van der Waals surface area contributed by atoms with E-state index in [2.05, 4.69) is 28.6 Å². The number of nitrogens with one attached hydrogen (secondary N) is 1. The molecule has 0 spiro atoms. The van der Waals surface area contributed by atoms with Crippen LogP contribution in [0.5, 0.6) is 0 Å². The van der Waals surface area contributed by atoms with E-state index >= 15 is 0 Å². The van der Waals surface area contributed by atoms with E-state index < -0.39 is 0 Å². The zero-order chi connectivity index (χ0) is 14.8. The van der Waals surface area contributed by atoms with Crippen LogP contribution in [-0.2, 0) is 13.5 Å². The summed E-state index contributed by atoms with van der Waals surface area (Å²) in [5, 5.41) is 8.90. The van der Waals surface area contributed by atoms with Crippen LogP contribution in [0.25, 0.3) is 0 Å². The topological polar surface area (TPSA) is 29.9 Å². The molecule has 1 aliphatic carbocycles. The molecule has 0 radical (unpaired) electrons. The van der Waals surface area contributed by atoms with E-state index in [0.717, 1.165) is 29.7 Å². The van der Waals surface area contributed by atoms with Crippen LogP contribution in [0.15, 0.2) is 30.3 Å². The molecule has 1 fully saturated rings. The lowest BCUT2D eigenvalue weighted by Gasteiger charge is -2.18. The van der Waals surface area contributed by atoms with E-state index in [-0.39, 0.29) is 0 Å². The van der Waals surface area contributed by atoms with Crippen LogP contribution in [0.1, 0.15) is 35.7 Å². The second-order valence-corrected chi connectivity index (χ2v) is 6.47. The maximum absolute atomic E-state index is 6.01. The third kappa shape index (κ3) is 3.86. The molecule has 1 aromatic carbocycles. The molecule has 1 N–H and O–H groups in total. The number of aromatic nitrogens is 2. The SMILES string of the molecule is Cc1cc(CC(CNC2CC2)c2ccc(Cl)cc2)n(C)n1. The van der Waals surface area contributed by atoms with Crippen LogP contribution in [0.3, 0.4) is 0 Å². The Labute approximate surface area is 131 Å². The summed E-state index contributed by atoms with van der Waals surface area (Å²) < 4.78 is 2.00. The summed E-state index contributed by atoms with van der Waals surface area (Å²) in [4.78, 5) is 0. The highest BCUT2D eigenvalue weighted by Crippen LogP contribution is 2.25. The first-order valence-electron chi connectivity index (χ1n) is 7.60. The Balaban J connectivity index is 1.77. The molecule has 1 aromatic heterocycles. The average Bonchev–Trinajstić information content (AvgIpc) is 3.22.